The standard InChI is InChI=1S/C9H12BrN5S/c1-2-3-15-9(6(10)4-12-15)8(11)7-5-13-16-14-7/h4-5,8H,2-3,11H2,1H3. The third-order valence-electron chi connectivity index (χ3n) is 2.26. The van der Waals surface area contributed by atoms with Crippen molar-refractivity contribution in [1.82, 2.24) is 18.5 Å². The summed E-state index contributed by atoms with van der Waals surface area (Å²) in [6.45, 7) is 2.96. The first-order valence-electron chi connectivity index (χ1n) is 4.98. The fraction of sp³-hybridized carbons (Fsp3) is 0.444. The number of nitrogens with two attached hydrogens (primary N) is 1. The highest BCUT2D eigenvalue weighted by Crippen LogP contribution is 2.26. The van der Waals surface area contributed by atoms with Gasteiger partial charge in [0, 0.05) is 6.54 Å². The van der Waals surface area contributed by atoms with Gasteiger partial charge in [-0.15, -0.1) is 0 Å². The molecular weight excluding hydrogens is 290 g/mol. The Morgan fingerprint density at radius 2 is 2.38 bits per heavy atom. The van der Waals surface area contributed by atoms with Gasteiger partial charge in [0.15, 0.2) is 0 Å². The van der Waals surface area contributed by atoms with Gasteiger partial charge in [-0.05, 0) is 22.4 Å². The van der Waals surface area contributed by atoms with Crippen LogP contribution in [0, 0.1) is 0 Å². The Morgan fingerprint density at radius 1 is 1.56 bits per heavy atom. The SMILES string of the molecule is CCCn1ncc(Br)c1C(N)c1cnsn1. The Hall–Kier alpha value is -0.790. The molecule has 2 rings (SSSR count). The van der Waals surface area contributed by atoms with E-state index in [2.05, 4.69) is 36.7 Å². The zero-order valence-corrected chi connectivity index (χ0v) is 11.2. The second-order valence-corrected chi connectivity index (χ2v) is 4.82. The third kappa shape index (κ3) is 2.16. The van der Waals surface area contributed by atoms with Crippen LogP contribution < -0.4 is 5.73 Å². The van der Waals surface area contributed by atoms with Gasteiger partial charge < -0.3 is 5.73 Å². The number of halogens is 1. The number of rotatable bonds is 4. The van der Waals surface area contributed by atoms with E-state index in [4.69, 9.17) is 5.73 Å². The minimum absolute atomic E-state index is 0.276. The van der Waals surface area contributed by atoms with Crippen molar-refractivity contribution in [2.75, 3.05) is 0 Å². The van der Waals surface area contributed by atoms with E-state index in [-0.39, 0.29) is 6.04 Å². The maximum Gasteiger partial charge on any atom is 0.0971 e. The molecule has 0 aliphatic heterocycles. The zero-order valence-electron chi connectivity index (χ0n) is 8.80. The summed E-state index contributed by atoms with van der Waals surface area (Å²) >= 11 is 4.63. The van der Waals surface area contributed by atoms with Gasteiger partial charge in [-0.3, -0.25) is 4.68 Å². The van der Waals surface area contributed by atoms with Crippen molar-refractivity contribution in [3.8, 4) is 0 Å². The first-order valence-corrected chi connectivity index (χ1v) is 6.50. The molecule has 2 N–H and O–H groups in total. The minimum atomic E-state index is -0.276. The van der Waals surface area contributed by atoms with Gasteiger partial charge in [-0.2, -0.15) is 13.8 Å². The van der Waals surface area contributed by atoms with Crippen molar-refractivity contribution in [3.63, 3.8) is 0 Å². The number of nitrogens with zero attached hydrogens (tertiary/aromatic N) is 4. The molecule has 0 aromatic carbocycles. The first kappa shape index (κ1) is 11.7. The summed E-state index contributed by atoms with van der Waals surface area (Å²) in [4.78, 5) is 0. The number of aromatic nitrogens is 4. The average Bonchev–Trinajstić information content (AvgIpc) is 2.88. The lowest BCUT2D eigenvalue weighted by molar-refractivity contribution is 0.556. The normalized spacial score (nSPS) is 12.9. The van der Waals surface area contributed by atoms with Crippen molar-refractivity contribution in [3.05, 3.63) is 28.3 Å². The summed E-state index contributed by atoms with van der Waals surface area (Å²) in [5, 5.41) is 4.28. The topological polar surface area (TPSA) is 69.6 Å². The van der Waals surface area contributed by atoms with Gasteiger partial charge in [-0.25, -0.2) is 0 Å². The van der Waals surface area contributed by atoms with Gasteiger partial charge in [0.2, 0.25) is 0 Å². The molecule has 2 aromatic rings. The smallest absolute Gasteiger partial charge is 0.0971 e. The monoisotopic (exact) mass is 301 g/mol. The predicted molar refractivity (Wildman–Crippen MR) is 66.2 cm³/mol. The minimum Gasteiger partial charge on any atom is -0.318 e. The van der Waals surface area contributed by atoms with Gasteiger partial charge in [-0.1, -0.05) is 6.92 Å². The van der Waals surface area contributed by atoms with Crippen molar-refractivity contribution in [2.24, 2.45) is 5.73 Å². The first-order chi connectivity index (χ1) is 7.74. The molecule has 0 radical (unpaired) electrons. The highest BCUT2D eigenvalue weighted by Gasteiger charge is 2.19. The Kier molecular flexibility index (Phi) is 3.67. The molecule has 0 saturated carbocycles. The lowest BCUT2D eigenvalue weighted by Crippen LogP contribution is -2.18. The molecule has 0 saturated heterocycles. The molecule has 2 aromatic heterocycles. The van der Waals surface area contributed by atoms with Crippen LogP contribution in [0.1, 0.15) is 30.8 Å². The van der Waals surface area contributed by atoms with E-state index >= 15 is 0 Å². The fourth-order valence-corrected chi connectivity index (χ4v) is 2.52. The largest absolute Gasteiger partial charge is 0.318 e. The molecule has 1 unspecified atom stereocenters. The molecular formula is C9H12BrN5S. The van der Waals surface area contributed by atoms with Crippen LogP contribution in [0.15, 0.2) is 16.9 Å². The Morgan fingerprint density at radius 3 is 3.00 bits per heavy atom. The molecule has 86 valence electrons. The van der Waals surface area contributed by atoms with Crippen LogP contribution in [0.3, 0.4) is 0 Å². The zero-order chi connectivity index (χ0) is 11.5. The highest BCUT2D eigenvalue weighted by atomic mass is 79.9. The molecule has 1 atom stereocenters. The Labute approximate surface area is 106 Å². The van der Waals surface area contributed by atoms with E-state index in [0.29, 0.717) is 0 Å². The molecule has 0 aliphatic carbocycles. The van der Waals surface area contributed by atoms with Crippen LogP contribution in [0.4, 0.5) is 0 Å². The highest BCUT2D eigenvalue weighted by molar-refractivity contribution is 9.10. The molecule has 0 spiro atoms. The van der Waals surface area contributed by atoms with E-state index in [0.717, 1.165) is 28.8 Å². The molecule has 7 heteroatoms. The predicted octanol–water partition coefficient (Wildman–Crippen LogP) is 1.96. The van der Waals surface area contributed by atoms with Crippen LogP contribution in [-0.4, -0.2) is 18.5 Å². The van der Waals surface area contributed by atoms with Crippen LogP contribution >= 0.6 is 27.7 Å². The van der Waals surface area contributed by atoms with Gasteiger partial charge in [0.25, 0.3) is 0 Å². The lowest BCUT2D eigenvalue weighted by Gasteiger charge is -2.12. The van der Waals surface area contributed by atoms with E-state index < -0.39 is 0 Å². The summed E-state index contributed by atoms with van der Waals surface area (Å²) in [5.41, 5.74) is 7.88. The molecule has 16 heavy (non-hydrogen) atoms. The van der Waals surface area contributed by atoms with Crippen LogP contribution in [0.5, 0.6) is 0 Å². The second-order valence-electron chi connectivity index (χ2n) is 3.41. The van der Waals surface area contributed by atoms with E-state index in [9.17, 15) is 0 Å². The van der Waals surface area contributed by atoms with Crippen LogP contribution in [0.2, 0.25) is 0 Å². The molecule has 0 aliphatic rings. The van der Waals surface area contributed by atoms with Crippen molar-refractivity contribution < 1.29 is 0 Å². The average molecular weight is 302 g/mol. The van der Waals surface area contributed by atoms with E-state index in [1.54, 1.807) is 12.4 Å². The Balaban J connectivity index is 2.35. The van der Waals surface area contributed by atoms with Crippen molar-refractivity contribution >= 4 is 27.7 Å². The third-order valence-corrected chi connectivity index (χ3v) is 3.36. The quantitative estimate of drug-likeness (QED) is 0.937. The summed E-state index contributed by atoms with van der Waals surface area (Å²) in [5.74, 6) is 0. The Bertz CT molecular complexity index is 452. The fourth-order valence-electron chi connectivity index (χ4n) is 1.52. The lowest BCUT2D eigenvalue weighted by atomic mass is 10.1. The maximum absolute atomic E-state index is 6.15. The summed E-state index contributed by atoms with van der Waals surface area (Å²) in [7, 11) is 0. The van der Waals surface area contributed by atoms with Crippen molar-refractivity contribution in [1.29, 1.82) is 0 Å². The van der Waals surface area contributed by atoms with Gasteiger partial charge in [0.1, 0.15) is 0 Å². The molecule has 0 amide bonds. The number of hydrogen-bond donors (Lipinski definition) is 1. The molecule has 0 fully saturated rings. The van der Waals surface area contributed by atoms with Gasteiger partial charge >= 0.3 is 0 Å². The number of hydrogen-bond acceptors (Lipinski definition) is 5. The van der Waals surface area contributed by atoms with Crippen LogP contribution in [0.25, 0.3) is 0 Å². The van der Waals surface area contributed by atoms with Crippen LogP contribution in [-0.2, 0) is 6.54 Å². The number of aryl methyl sites for hydroxylation is 1. The van der Waals surface area contributed by atoms with E-state index in [1.807, 2.05) is 4.68 Å². The summed E-state index contributed by atoms with van der Waals surface area (Å²) in [6, 6.07) is -0.276. The summed E-state index contributed by atoms with van der Waals surface area (Å²) < 4.78 is 11.0. The van der Waals surface area contributed by atoms with Crippen molar-refractivity contribution in [2.45, 2.75) is 25.9 Å². The second kappa shape index (κ2) is 5.03. The van der Waals surface area contributed by atoms with Gasteiger partial charge in [0.05, 0.1) is 46.0 Å². The summed E-state index contributed by atoms with van der Waals surface area (Å²) in [6.07, 6.45) is 4.48. The molecule has 0 bridgehead atoms. The van der Waals surface area contributed by atoms with E-state index in [1.165, 1.54) is 11.7 Å². The molecule has 5 nitrogen and oxygen atoms in total. The molecule has 2 heterocycles. The maximum atomic E-state index is 6.15.